The van der Waals surface area contributed by atoms with E-state index in [1.807, 2.05) is 30.3 Å². The zero-order valence-corrected chi connectivity index (χ0v) is 20.6. The molecule has 7 nitrogen and oxygen atoms in total. The SMILES string of the molecule is Cc1ncsc1C(=O)N1CCO[C@](COc2ccc(F)cc2)(CC(=O)N(C)Cc2ccccc2)C1. The van der Waals surface area contributed by atoms with E-state index in [1.165, 1.54) is 35.6 Å². The first-order chi connectivity index (χ1) is 16.8. The number of amides is 2. The molecule has 1 atom stereocenters. The summed E-state index contributed by atoms with van der Waals surface area (Å²) in [5.74, 6) is -0.166. The Hall–Kier alpha value is -3.30. The number of hydrogen-bond acceptors (Lipinski definition) is 6. The molecule has 0 aliphatic carbocycles. The molecule has 1 aromatic heterocycles. The Balaban J connectivity index is 1.52. The van der Waals surface area contributed by atoms with Gasteiger partial charge in [0.1, 0.15) is 28.7 Å². The van der Waals surface area contributed by atoms with Crippen LogP contribution < -0.4 is 4.74 Å². The second-order valence-electron chi connectivity index (χ2n) is 8.68. The molecular weight excluding hydrogens is 469 g/mol. The molecule has 0 spiro atoms. The minimum absolute atomic E-state index is 0.0307. The fourth-order valence-corrected chi connectivity index (χ4v) is 4.79. The molecule has 0 saturated carbocycles. The van der Waals surface area contributed by atoms with E-state index in [1.54, 1.807) is 29.3 Å². The smallest absolute Gasteiger partial charge is 0.266 e. The summed E-state index contributed by atoms with van der Waals surface area (Å²) in [6.45, 7) is 3.16. The fraction of sp³-hybridized carbons (Fsp3) is 0.346. The first kappa shape index (κ1) is 24.8. The number of carbonyl (C=O) groups excluding carboxylic acids is 2. The predicted molar refractivity (Wildman–Crippen MR) is 131 cm³/mol. The summed E-state index contributed by atoms with van der Waals surface area (Å²) >= 11 is 1.30. The molecule has 4 rings (SSSR count). The second-order valence-corrected chi connectivity index (χ2v) is 9.53. The topological polar surface area (TPSA) is 72.0 Å². The molecule has 1 aliphatic heterocycles. The standard InChI is InChI=1S/C26H28FN3O4S/c1-19-24(35-18-28-19)25(32)30-12-13-34-26(16-30,17-33-22-10-8-21(27)9-11-22)14-23(31)29(2)15-20-6-4-3-5-7-20/h3-11,18H,12-17H2,1-2H3/t26-/m1/s1. The van der Waals surface area contributed by atoms with Gasteiger partial charge in [0.05, 0.1) is 30.8 Å². The van der Waals surface area contributed by atoms with Gasteiger partial charge in [-0.15, -0.1) is 11.3 Å². The van der Waals surface area contributed by atoms with Crippen molar-refractivity contribution in [3.05, 3.63) is 82.1 Å². The Bertz CT molecular complexity index is 1150. The van der Waals surface area contributed by atoms with E-state index in [-0.39, 0.29) is 43.8 Å². The molecule has 0 unspecified atom stereocenters. The van der Waals surface area contributed by atoms with Gasteiger partial charge in [0.2, 0.25) is 5.91 Å². The van der Waals surface area contributed by atoms with Gasteiger partial charge in [0.15, 0.2) is 0 Å². The molecule has 2 amide bonds. The highest BCUT2D eigenvalue weighted by Crippen LogP contribution is 2.27. The number of morpholine rings is 1. The van der Waals surface area contributed by atoms with Crippen LogP contribution in [-0.2, 0) is 16.1 Å². The number of benzene rings is 2. The van der Waals surface area contributed by atoms with Gasteiger partial charge in [0.25, 0.3) is 5.91 Å². The Morgan fingerprint density at radius 3 is 2.63 bits per heavy atom. The fourth-order valence-electron chi connectivity index (χ4n) is 4.02. The highest BCUT2D eigenvalue weighted by atomic mass is 32.1. The largest absolute Gasteiger partial charge is 0.490 e. The van der Waals surface area contributed by atoms with Crippen LogP contribution in [-0.4, -0.2) is 65.6 Å². The Morgan fingerprint density at radius 1 is 1.20 bits per heavy atom. The van der Waals surface area contributed by atoms with Crippen LogP contribution in [0.2, 0.25) is 0 Å². The van der Waals surface area contributed by atoms with Crippen molar-refractivity contribution >= 4 is 23.2 Å². The van der Waals surface area contributed by atoms with Gasteiger partial charge in [-0.25, -0.2) is 9.37 Å². The predicted octanol–water partition coefficient (Wildman–Crippen LogP) is 3.93. The molecule has 2 aromatic carbocycles. The summed E-state index contributed by atoms with van der Waals surface area (Å²) in [5.41, 5.74) is 2.29. The second kappa shape index (κ2) is 11.0. The molecule has 1 fully saturated rings. The number of rotatable bonds is 8. The third kappa shape index (κ3) is 6.23. The number of hydrogen-bond donors (Lipinski definition) is 0. The van der Waals surface area contributed by atoms with Crippen molar-refractivity contribution < 1.29 is 23.5 Å². The Morgan fingerprint density at radius 2 is 1.94 bits per heavy atom. The molecule has 9 heteroatoms. The number of nitrogens with zero attached hydrogens (tertiary/aromatic N) is 3. The van der Waals surface area contributed by atoms with E-state index in [0.29, 0.717) is 29.4 Å². The van der Waals surface area contributed by atoms with Gasteiger partial charge in [-0.2, -0.15) is 0 Å². The van der Waals surface area contributed by atoms with Crippen molar-refractivity contribution in [1.82, 2.24) is 14.8 Å². The summed E-state index contributed by atoms with van der Waals surface area (Å²) in [5, 5.41) is 0. The molecule has 0 bridgehead atoms. The molecule has 0 radical (unpaired) electrons. The lowest BCUT2D eigenvalue weighted by Crippen LogP contribution is -2.58. The monoisotopic (exact) mass is 497 g/mol. The molecule has 3 aromatic rings. The maximum absolute atomic E-state index is 13.3. The van der Waals surface area contributed by atoms with E-state index >= 15 is 0 Å². The molecule has 35 heavy (non-hydrogen) atoms. The average molecular weight is 498 g/mol. The van der Waals surface area contributed by atoms with Gasteiger partial charge < -0.3 is 19.3 Å². The van der Waals surface area contributed by atoms with Gasteiger partial charge in [-0.1, -0.05) is 30.3 Å². The van der Waals surface area contributed by atoms with E-state index < -0.39 is 5.60 Å². The van der Waals surface area contributed by atoms with Crippen molar-refractivity contribution in [3.63, 3.8) is 0 Å². The number of thiazole rings is 1. The maximum atomic E-state index is 13.3. The van der Waals surface area contributed by atoms with Crippen molar-refractivity contribution in [2.45, 2.75) is 25.5 Å². The zero-order valence-electron chi connectivity index (χ0n) is 19.8. The highest BCUT2D eigenvalue weighted by molar-refractivity contribution is 7.11. The Labute approximate surface area is 208 Å². The number of ether oxygens (including phenoxy) is 2. The molecule has 1 saturated heterocycles. The maximum Gasteiger partial charge on any atom is 0.266 e. The summed E-state index contributed by atoms with van der Waals surface area (Å²) in [7, 11) is 1.75. The Kier molecular flexibility index (Phi) is 7.77. The molecule has 184 valence electrons. The molecular formula is C26H28FN3O4S. The van der Waals surface area contributed by atoms with Crippen molar-refractivity contribution in [3.8, 4) is 5.75 Å². The lowest BCUT2D eigenvalue weighted by atomic mass is 9.96. The third-order valence-corrected chi connectivity index (χ3v) is 6.87. The summed E-state index contributed by atoms with van der Waals surface area (Å²) in [6, 6.07) is 15.4. The molecule has 0 N–H and O–H groups in total. The van der Waals surface area contributed by atoms with Gasteiger partial charge in [-0.3, -0.25) is 9.59 Å². The van der Waals surface area contributed by atoms with E-state index in [0.717, 1.165) is 5.56 Å². The van der Waals surface area contributed by atoms with Crippen molar-refractivity contribution in [2.75, 3.05) is 33.4 Å². The van der Waals surface area contributed by atoms with Crippen LogP contribution >= 0.6 is 11.3 Å². The number of aryl methyl sites for hydroxylation is 1. The first-order valence-corrected chi connectivity index (χ1v) is 12.2. The summed E-state index contributed by atoms with van der Waals surface area (Å²) in [6.07, 6.45) is 0.0307. The summed E-state index contributed by atoms with van der Waals surface area (Å²) in [4.78, 5) is 34.6. The van der Waals surface area contributed by atoms with Crippen LogP contribution in [0, 0.1) is 12.7 Å². The van der Waals surface area contributed by atoms with E-state index in [2.05, 4.69) is 4.98 Å². The van der Waals surface area contributed by atoms with Crippen molar-refractivity contribution in [1.29, 1.82) is 0 Å². The number of halogens is 1. The van der Waals surface area contributed by atoms with E-state index in [4.69, 9.17) is 9.47 Å². The molecule has 1 aliphatic rings. The highest BCUT2D eigenvalue weighted by Gasteiger charge is 2.42. The summed E-state index contributed by atoms with van der Waals surface area (Å²) < 4.78 is 25.4. The van der Waals surface area contributed by atoms with Crippen LogP contribution in [0.5, 0.6) is 5.75 Å². The minimum atomic E-state index is -1.05. The normalized spacial score (nSPS) is 17.7. The quantitative estimate of drug-likeness (QED) is 0.472. The molecule has 2 heterocycles. The number of aromatic nitrogens is 1. The van der Waals surface area contributed by atoms with Crippen LogP contribution in [0.4, 0.5) is 4.39 Å². The van der Waals surface area contributed by atoms with Crippen molar-refractivity contribution in [2.24, 2.45) is 0 Å². The zero-order chi connectivity index (χ0) is 24.8. The van der Waals surface area contributed by atoms with Gasteiger partial charge >= 0.3 is 0 Å². The lowest BCUT2D eigenvalue weighted by molar-refractivity contribution is -0.152. The lowest BCUT2D eigenvalue weighted by Gasteiger charge is -2.42. The number of carbonyl (C=O) groups is 2. The van der Waals surface area contributed by atoms with Gasteiger partial charge in [-0.05, 0) is 36.8 Å². The third-order valence-electron chi connectivity index (χ3n) is 5.95. The van der Waals surface area contributed by atoms with E-state index in [9.17, 15) is 14.0 Å². The van der Waals surface area contributed by atoms with Crippen LogP contribution in [0.15, 0.2) is 60.1 Å². The minimum Gasteiger partial charge on any atom is -0.490 e. The average Bonchev–Trinajstić information content (AvgIpc) is 3.29. The first-order valence-electron chi connectivity index (χ1n) is 11.3. The van der Waals surface area contributed by atoms with Gasteiger partial charge in [0, 0.05) is 20.1 Å². The van der Waals surface area contributed by atoms with Crippen LogP contribution in [0.1, 0.15) is 27.3 Å². The van der Waals surface area contributed by atoms with Crippen LogP contribution in [0.3, 0.4) is 0 Å². The van der Waals surface area contributed by atoms with Crippen LogP contribution in [0.25, 0.3) is 0 Å².